The molecule has 0 aromatic heterocycles. The Labute approximate surface area is 340 Å². The average molecular weight is 823 g/mol. The number of benzene rings is 2. The molecule has 0 amide bonds. The Morgan fingerprint density at radius 3 is 2.15 bits per heavy atom. The minimum Gasteiger partial charge on any atom is -0.507 e. The van der Waals surface area contributed by atoms with Crippen LogP contribution in [0.15, 0.2) is 24.3 Å². The molecule has 5 heterocycles. The number of carboxylic acid groups (broad SMARTS) is 1. The Kier molecular flexibility index (Phi) is 11.3. The van der Waals surface area contributed by atoms with Crippen LogP contribution in [0.25, 0.3) is 0 Å². The number of fused-ring (bicyclic) bond motifs is 4. The number of carbonyl (C=O) groups is 5. The van der Waals surface area contributed by atoms with Gasteiger partial charge in [0.15, 0.2) is 42.0 Å². The molecule has 0 saturated carbocycles. The first-order valence-electron chi connectivity index (χ1n) is 20.3. The number of rotatable bonds is 9. The van der Waals surface area contributed by atoms with Gasteiger partial charge in [0, 0.05) is 55.2 Å². The maximum Gasteiger partial charge on any atom is 0.306 e. The van der Waals surface area contributed by atoms with Gasteiger partial charge in [-0.25, -0.2) is 0 Å². The van der Waals surface area contributed by atoms with Crippen LogP contribution in [0.3, 0.4) is 0 Å². The first kappa shape index (κ1) is 41.6. The molecule has 3 N–H and O–H groups in total. The summed E-state index contributed by atoms with van der Waals surface area (Å²) < 4.78 is 48.7. The molecule has 0 bridgehead atoms. The number of aliphatic carboxylic acids is 1. The standard InChI is InChI=1S/C43H50O16/c1-18-26(44)10-12-33(53-18)57-28-11-13-34(54-20(28)3)59-43(5,17-32(46)47)16-22-6-7-24-35(37(22)48)39(50)25-9-8-23(38(49)36(25)40(24)51)29-15-30-41(21(4)52-29)58-42-31(56-30)14-27(45)19(2)55-42/h6-9,18-21,28-31,33-34,41-42,48-49H,10-17H2,1-5H3,(H,46,47)/t18-,19-,20-,21+,28-,29+,30+,31-,33-,34-,41+,42-,43+/m0/s1. The van der Waals surface area contributed by atoms with Gasteiger partial charge in [-0.15, -0.1) is 0 Å². The topological polar surface area (TPSA) is 220 Å². The lowest BCUT2D eigenvalue weighted by Gasteiger charge is -2.49. The molecule has 0 unspecified atom stereocenters. The van der Waals surface area contributed by atoms with Crippen molar-refractivity contribution < 1.29 is 77.2 Å². The Morgan fingerprint density at radius 2 is 1.46 bits per heavy atom. The van der Waals surface area contributed by atoms with Gasteiger partial charge < -0.3 is 53.2 Å². The third-order valence-corrected chi connectivity index (χ3v) is 12.4. The highest BCUT2D eigenvalue weighted by molar-refractivity contribution is 6.30. The van der Waals surface area contributed by atoms with E-state index in [1.807, 2.05) is 6.92 Å². The molecule has 5 fully saturated rings. The molecule has 6 aliphatic rings. The third-order valence-electron chi connectivity index (χ3n) is 12.4. The van der Waals surface area contributed by atoms with Crippen molar-refractivity contribution in [1.82, 2.24) is 0 Å². The Hall–Kier alpha value is -4.13. The average Bonchev–Trinajstić information content (AvgIpc) is 3.16. The first-order valence-corrected chi connectivity index (χ1v) is 20.3. The van der Waals surface area contributed by atoms with Crippen LogP contribution in [0.5, 0.6) is 11.5 Å². The predicted octanol–water partition coefficient (Wildman–Crippen LogP) is 4.38. The minimum atomic E-state index is -1.42. The fourth-order valence-corrected chi connectivity index (χ4v) is 9.27. The van der Waals surface area contributed by atoms with Gasteiger partial charge in [-0.05, 0) is 58.7 Å². The van der Waals surface area contributed by atoms with Crippen molar-refractivity contribution in [3.05, 3.63) is 57.6 Å². The van der Waals surface area contributed by atoms with Crippen LogP contribution < -0.4 is 0 Å². The molecule has 5 saturated heterocycles. The number of phenols is 2. The van der Waals surface area contributed by atoms with Crippen LogP contribution in [-0.2, 0) is 58.7 Å². The lowest BCUT2D eigenvalue weighted by molar-refractivity contribution is -0.347. The summed E-state index contributed by atoms with van der Waals surface area (Å²) in [6.45, 7) is 8.55. The molecule has 5 aliphatic heterocycles. The molecule has 0 spiro atoms. The van der Waals surface area contributed by atoms with Crippen molar-refractivity contribution in [3.8, 4) is 11.5 Å². The van der Waals surface area contributed by atoms with Crippen LogP contribution in [0.2, 0.25) is 0 Å². The van der Waals surface area contributed by atoms with E-state index in [2.05, 4.69) is 0 Å². The van der Waals surface area contributed by atoms with Crippen LogP contribution in [0.1, 0.15) is 129 Å². The quantitative estimate of drug-likeness (QED) is 0.273. The van der Waals surface area contributed by atoms with Crippen LogP contribution in [0.4, 0.5) is 0 Å². The van der Waals surface area contributed by atoms with E-state index in [0.717, 1.165) is 0 Å². The second-order valence-electron chi connectivity index (χ2n) is 16.8. The van der Waals surface area contributed by atoms with Crippen molar-refractivity contribution >= 4 is 29.1 Å². The van der Waals surface area contributed by atoms with Gasteiger partial charge in [0.1, 0.15) is 35.9 Å². The number of ketones is 4. The molecule has 318 valence electrons. The highest BCUT2D eigenvalue weighted by Crippen LogP contribution is 2.46. The minimum absolute atomic E-state index is 0.0260. The van der Waals surface area contributed by atoms with E-state index in [0.29, 0.717) is 25.7 Å². The molecule has 13 atom stereocenters. The number of hydrogen-bond donors (Lipinski definition) is 3. The van der Waals surface area contributed by atoms with Gasteiger partial charge in [-0.3, -0.25) is 24.0 Å². The monoisotopic (exact) mass is 822 g/mol. The summed E-state index contributed by atoms with van der Waals surface area (Å²) in [5.41, 5.74) is -1.71. The lowest BCUT2D eigenvalue weighted by Crippen LogP contribution is -2.60. The van der Waals surface area contributed by atoms with E-state index in [1.54, 1.807) is 27.7 Å². The number of carboxylic acids is 1. The zero-order valence-electron chi connectivity index (χ0n) is 33.5. The third kappa shape index (κ3) is 7.97. The highest BCUT2D eigenvalue weighted by atomic mass is 16.7. The molecule has 16 heteroatoms. The summed E-state index contributed by atoms with van der Waals surface area (Å²) in [5.74, 6) is -3.54. The summed E-state index contributed by atoms with van der Waals surface area (Å²) in [6, 6.07) is 5.75. The van der Waals surface area contributed by atoms with Crippen LogP contribution in [-0.4, -0.2) is 118 Å². The van der Waals surface area contributed by atoms with Gasteiger partial charge in [0.05, 0.1) is 53.7 Å². The van der Waals surface area contributed by atoms with Crippen molar-refractivity contribution in [2.75, 3.05) is 0 Å². The van der Waals surface area contributed by atoms with E-state index in [4.69, 9.17) is 37.9 Å². The zero-order valence-corrected chi connectivity index (χ0v) is 33.5. The molecule has 2 aromatic carbocycles. The molecule has 1 aliphatic carbocycles. The molecule has 8 rings (SSSR count). The van der Waals surface area contributed by atoms with Gasteiger partial charge in [0.25, 0.3) is 0 Å². The number of aromatic hydroxyl groups is 2. The molecule has 0 radical (unpaired) electrons. The second kappa shape index (κ2) is 16.0. The Morgan fingerprint density at radius 1 is 0.763 bits per heavy atom. The largest absolute Gasteiger partial charge is 0.507 e. The van der Waals surface area contributed by atoms with E-state index in [-0.39, 0.29) is 70.3 Å². The molecule has 16 nitrogen and oxygen atoms in total. The van der Waals surface area contributed by atoms with E-state index in [1.165, 1.54) is 24.3 Å². The molecule has 59 heavy (non-hydrogen) atoms. The van der Waals surface area contributed by atoms with Crippen molar-refractivity contribution in [2.45, 2.75) is 165 Å². The van der Waals surface area contributed by atoms with Crippen LogP contribution in [0, 0.1) is 0 Å². The van der Waals surface area contributed by atoms with Gasteiger partial charge in [-0.2, -0.15) is 0 Å². The summed E-state index contributed by atoms with van der Waals surface area (Å²) in [4.78, 5) is 64.5. The maximum atomic E-state index is 14.1. The van der Waals surface area contributed by atoms with Crippen molar-refractivity contribution in [1.29, 1.82) is 0 Å². The second-order valence-corrected chi connectivity index (χ2v) is 16.8. The first-order chi connectivity index (χ1) is 28.0. The maximum absolute atomic E-state index is 14.1. The van der Waals surface area contributed by atoms with Crippen molar-refractivity contribution in [2.24, 2.45) is 0 Å². The van der Waals surface area contributed by atoms with Gasteiger partial charge in [-0.1, -0.05) is 12.1 Å². The highest BCUT2D eigenvalue weighted by Gasteiger charge is 2.51. The van der Waals surface area contributed by atoms with E-state index in [9.17, 15) is 39.3 Å². The Bertz CT molecular complexity index is 2050. The fourth-order valence-electron chi connectivity index (χ4n) is 9.27. The summed E-state index contributed by atoms with van der Waals surface area (Å²) in [6.07, 6.45) is -5.48. The number of phenolic OH excluding ortho intramolecular Hbond substituents is 2. The lowest BCUT2D eigenvalue weighted by atomic mass is 9.79. The zero-order chi connectivity index (χ0) is 42.1. The summed E-state index contributed by atoms with van der Waals surface area (Å²) >= 11 is 0. The van der Waals surface area contributed by atoms with Crippen LogP contribution >= 0.6 is 0 Å². The number of carbonyl (C=O) groups excluding carboxylic acids is 4. The Balaban J connectivity index is 0.974. The predicted molar refractivity (Wildman–Crippen MR) is 201 cm³/mol. The number of ether oxygens (including phenoxy) is 8. The summed E-state index contributed by atoms with van der Waals surface area (Å²) in [7, 11) is 0. The van der Waals surface area contributed by atoms with Crippen molar-refractivity contribution in [3.63, 3.8) is 0 Å². The van der Waals surface area contributed by atoms with E-state index >= 15 is 0 Å². The summed E-state index contributed by atoms with van der Waals surface area (Å²) in [5, 5.41) is 33.1. The smallest absolute Gasteiger partial charge is 0.306 e. The van der Waals surface area contributed by atoms with E-state index < -0.39 is 109 Å². The molecular weight excluding hydrogens is 772 g/mol. The molecule has 2 aromatic rings. The fraction of sp³-hybridized carbons (Fsp3) is 0.605. The van der Waals surface area contributed by atoms with Gasteiger partial charge in [0.2, 0.25) is 0 Å². The number of hydrogen-bond acceptors (Lipinski definition) is 15. The number of Topliss-reactive ketones (excluding diaryl/α,β-unsaturated/α-hetero) is 2. The molecular formula is C43H50O16. The normalized spacial score (nSPS) is 35.5. The van der Waals surface area contributed by atoms with Gasteiger partial charge >= 0.3 is 5.97 Å². The SMILES string of the molecule is C[C@@H]1O[C@@H](O[C@H]2CC[C@H](O[C@@](C)(CC(=O)O)Cc3ccc4c(c3O)C(=O)c3ccc([C@H]5C[C@H]6O[C@H]7CC(=O)[C@H](C)O[C@H]7O[C@@H]6[C@@H](C)O5)c(O)c3C4=O)O[C@H]2C)CCC1=O.